The van der Waals surface area contributed by atoms with Crippen molar-refractivity contribution in [3.05, 3.63) is 0 Å². The highest BCUT2D eigenvalue weighted by Gasteiger charge is 2.36. The molecule has 0 aromatic heterocycles. The first-order chi connectivity index (χ1) is 10.2. The van der Waals surface area contributed by atoms with Crippen molar-refractivity contribution in [2.24, 2.45) is 5.92 Å². The van der Waals surface area contributed by atoms with E-state index in [0.29, 0.717) is 31.7 Å². The van der Waals surface area contributed by atoms with E-state index in [0.717, 1.165) is 38.6 Å². The highest BCUT2D eigenvalue weighted by molar-refractivity contribution is 5.78. The summed E-state index contributed by atoms with van der Waals surface area (Å²) >= 11 is 0. The normalized spacial score (nSPS) is 31.0. The molecule has 2 N–H and O–H groups in total. The van der Waals surface area contributed by atoms with E-state index in [1.807, 2.05) is 0 Å². The molecule has 2 aliphatic rings. The number of hydrogen-bond acceptors (Lipinski definition) is 4. The minimum absolute atomic E-state index is 0.0734. The Labute approximate surface area is 128 Å². The number of hydrogen-bond donors (Lipinski definition) is 2. The molecular formula is C16H30N2O3. The Hall–Kier alpha value is -0.650. The van der Waals surface area contributed by atoms with Gasteiger partial charge in [0.05, 0.1) is 19.3 Å². The molecule has 2 rings (SSSR count). The molecule has 2 fully saturated rings. The van der Waals surface area contributed by atoms with Crippen molar-refractivity contribution in [3.63, 3.8) is 0 Å². The molecule has 0 aromatic carbocycles. The van der Waals surface area contributed by atoms with Crippen LogP contribution in [0, 0.1) is 5.92 Å². The number of rotatable bonds is 6. The molecule has 5 heteroatoms. The summed E-state index contributed by atoms with van der Waals surface area (Å²) in [6, 6.07) is 0.377. The standard InChI is InChI=1S/C16H30N2O3/c1-21-11-9-17-16(20)12-18-10-5-4-7-14(18)13-6-2-3-8-15(13)19/h13-15,19H,2-12H2,1H3,(H,17,20). The summed E-state index contributed by atoms with van der Waals surface area (Å²) < 4.78 is 4.95. The number of likely N-dealkylation sites (tertiary alicyclic amines) is 1. The van der Waals surface area contributed by atoms with E-state index in [-0.39, 0.29) is 12.0 Å². The fraction of sp³-hybridized carbons (Fsp3) is 0.938. The maximum atomic E-state index is 12.0. The molecule has 21 heavy (non-hydrogen) atoms. The van der Waals surface area contributed by atoms with Crippen molar-refractivity contribution in [3.8, 4) is 0 Å². The Bertz CT molecular complexity index is 325. The van der Waals surface area contributed by atoms with Gasteiger partial charge in [-0.3, -0.25) is 9.69 Å². The summed E-state index contributed by atoms with van der Waals surface area (Å²) in [6.45, 7) is 2.56. The largest absolute Gasteiger partial charge is 0.393 e. The molecule has 0 bridgehead atoms. The van der Waals surface area contributed by atoms with E-state index < -0.39 is 0 Å². The predicted octanol–water partition coefficient (Wildman–Crippen LogP) is 1.15. The summed E-state index contributed by atoms with van der Waals surface area (Å²) in [7, 11) is 1.64. The Morgan fingerprint density at radius 2 is 2.00 bits per heavy atom. The minimum atomic E-state index is -0.180. The van der Waals surface area contributed by atoms with Crippen LogP contribution in [0.4, 0.5) is 0 Å². The highest BCUT2D eigenvalue weighted by atomic mass is 16.5. The van der Waals surface area contributed by atoms with E-state index in [1.165, 1.54) is 12.8 Å². The number of aliphatic hydroxyl groups excluding tert-OH is 1. The van der Waals surface area contributed by atoms with Crippen LogP contribution in [0.1, 0.15) is 44.9 Å². The maximum Gasteiger partial charge on any atom is 0.234 e. The van der Waals surface area contributed by atoms with Crippen molar-refractivity contribution in [2.45, 2.75) is 57.1 Å². The van der Waals surface area contributed by atoms with Gasteiger partial charge < -0.3 is 15.2 Å². The average molecular weight is 298 g/mol. The zero-order chi connectivity index (χ0) is 15.1. The second-order valence-electron chi connectivity index (χ2n) is 6.39. The number of piperidine rings is 1. The Kier molecular flexibility index (Phi) is 6.93. The van der Waals surface area contributed by atoms with Gasteiger partial charge in [0.15, 0.2) is 0 Å². The second-order valence-corrected chi connectivity index (χ2v) is 6.39. The van der Waals surface area contributed by atoms with E-state index in [4.69, 9.17) is 4.74 Å². The molecular weight excluding hydrogens is 268 g/mol. The third-order valence-electron chi connectivity index (χ3n) is 4.92. The van der Waals surface area contributed by atoms with Gasteiger partial charge in [0, 0.05) is 25.6 Å². The van der Waals surface area contributed by atoms with Gasteiger partial charge in [-0.15, -0.1) is 0 Å². The lowest BCUT2D eigenvalue weighted by atomic mass is 9.78. The molecule has 1 aliphatic carbocycles. The Morgan fingerprint density at radius 1 is 1.24 bits per heavy atom. The van der Waals surface area contributed by atoms with Gasteiger partial charge in [-0.25, -0.2) is 0 Å². The lowest BCUT2D eigenvalue weighted by molar-refractivity contribution is -0.124. The molecule has 0 radical (unpaired) electrons. The predicted molar refractivity (Wildman–Crippen MR) is 82.1 cm³/mol. The Balaban J connectivity index is 1.87. The van der Waals surface area contributed by atoms with E-state index in [9.17, 15) is 9.90 Å². The molecule has 1 amide bonds. The van der Waals surface area contributed by atoms with Crippen molar-refractivity contribution in [1.82, 2.24) is 10.2 Å². The smallest absolute Gasteiger partial charge is 0.234 e. The lowest BCUT2D eigenvalue weighted by Gasteiger charge is -2.43. The summed E-state index contributed by atoms with van der Waals surface area (Å²) in [5, 5.41) is 13.2. The van der Waals surface area contributed by atoms with Crippen molar-refractivity contribution in [2.75, 3.05) is 33.4 Å². The molecule has 1 saturated heterocycles. The highest BCUT2D eigenvalue weighted by Crippen LogP contribution is 2.33. The number of carbonyl (C=O) groups excluding carboxylic acids is 1. The molecule has 1 heterocycles. The first-order valence-electron chi connectivity index (χ1n) is 8.40. The van der Waals surface area contributed by atoms with Crippen LogP contribution in [0.5, 0.6) is 0 Å². The van der Waals surface area contributed by atoms with Crippen LogP contribution in [-0.4, -0.2) is 61.4 Å². The molecule has 3 unspecified atom stereocenters. The monoisotopic (exact) mass is 298 g/mol. The molecule has 5 nitrogen and oxygen atoms in total. The first kappa shape index (κ1) is 16.7. The van der Waals surface area contributed by atoms with Crippen molar-refractivity contribution >= 4 is 5.91 Å². The van der Waals surface area contributed by atoms with Crippen LogP contribution in [0.25, 0.3) is 0 Å². The number of nitrogens with zero attached hydrogens (tertiary/aromatic N) is 1. The van der Waals surface area contributed by atoms with Gasteiger partial charge in [-0.1, -0.05) is 19.3 Å². The van der Waals surface area contributed by atoms with Crippen LogP contribution in [-0.2, 0) is 9.53 Å². The molecule has 1 aliphatic heterocycles. The summed E-state index contributed by atoms with van der Waals surface area (Å²) in [5.74, 6) is 0.426. The van der Waals surface area contributed by atoms with Crippen molar-refractivity contribution in [1.29, 1.82) is 0 Å². The molecule has 3 atom stereocenters. The van der Waals surface area contributed by atoms with Crippen LogP contribution in [0.2, 0.25) is 0 Å². The number of nitrogens with one attached hydrogen (secondary N) is 1. The third kappa shape index (κ3) is 4.94. The quantitative estimate of drug-likeness (QED) is 0.722. The van der Waals surface area contributed by atoms with Crippen LogP contribution in [0.15, 0.2) is 0 Å². The third-order valence-corrected chi connectivity index (χ3v) is 4.92. The van der Waals surface area contributed by atoms with Gasteiger partial charge in [-0.2, -0.15) is 0 Å². The first-order valence-corrected chi connectivity index (χ1v) is 8.40. The van der Waals surface area contributed by atoms with Gasteiger partial charge in [0.25, 0.3) is 0 Å². The molecule has 0 spiro atoms. The number of carbonyl (C=O) groups is 1. The summed E-state index contributed by atoms with van der Waals surface area (Å²) in [4.78, 5) is 14.3. The number of aliphatic hydroxyl groups is 1. The van der Waals surface area contributed by atoms with Gasteiger partial charge in [0.1, 0.15) is 0 Å². The average Bonchev–Trinajstić information content (AvgIpc) is 2.49. The van der Waals surface area contributed by atoms with Gasteiger partial charge >= 0.3 is 0 Å². The Morgan fingerprint density at radius 3 is 2.76 bits per heavy atom. The SMILES string of the molecule is COCCNC(=O)CN1CCCCC1C1CCCCC1O. The number of ether oxygens (including phenoxy) is 1. The topological polar surface area (TPSA) is 61.8 Å². The molecule has 0 aromatic rings. The van der Waals surface area contributed by atoms with E-state index in [1.54, 1.807) is 7.11 Å². The van der Waals surface area contributed by atoms with E-state index in [2.05, 4.69) is 10.2 Å². The fourth-order valence-electron chi connectivity index (χ4n) is 3.82. The summed E-state index contributed by atoms with van der Waals surface area (Å²) in [6.07, 6.45) is 7.70. The van der Waals surface area contributed by atoms with Crippen LogP contribution < -0.4 is 5.32 Å². The second kappa shape index (κ2) is 8.71. The van der Waals surface area contributed by atoms with Gasteiger partial charge in [0.2, 0.25) is 5.91 Å². The van der Waals surface area contributed by atoms with Crippen LogP contribution in [0.3, 0.4) is 0 Å². The van der Waals surface area contributed by atoms with Crippen molar-refractivity contribution < 1.29 is 14.6 Å². The summed E-state index contributed by atoms with van der Waals surface area (Å²) in [5.41, 5.74) is 0. The molecule has 122 valence electrons. The molecule has 1 saturated carbocycles. The van der Waals surface area contributed by atoms with E-state index >= 15 is 0 Å². The minimum Gasteiger partial charge on any atom is -0.393 e. The van der Waals surface area contributed by atoms with Crippen LogP contribution >= 0.6 is 0 Å². The number of methoxy groups -OCH3 is 1. The zero-order valence-corrected chi connectivity index (χ0v) is 13.2. The lowest BCUT2D eigenvalue weighted by Crippen LogP contribution is -2.51. The fourth-order valence-corrected chi connectivity index (χ4v) is 3.82. The number of amides is 1. The van der Waals surface area contributed by atoms with Gasteiger partial charge in [-0.05, 0) is 32.2 Å². The zero-order valence-electron chi connectivity index (χ0n) is 13.2. The maximum absolute atomic E-state index is 12.0.